The van der Waals surface area contributed by atoms with Gasteiger partial charge in [-0.05, 0) is 31.9 Å². The summed E-state index contributed by atoms with van der Waals surface area (Å²) in [5.74, 6) is 0.311. The van der Waals surface area contributed by atoms with Gasteiger partial charge < -0.3 is 15.7 Å². The summed E-state index contributed by atoms with van der Waals surface area (Å²) < 4.78 is 19.5. The number of amidine groups is 1. The third kappa shape index (κ3) is 4.99. The van der Waals surface area contributed by atoms with Crippen molar-refractivity contribution in [2.45, 2.75) is 19.4 Å². The van der Waals surface area contributed by atoms with Crippen LogP contribution in [0.25, 0.3) is 0 Å². The van der Waals surface area contributed by atoms with Gasteiger partial charge in [0.1, 0.15) is 5.82 Å². The Balaban J connectivity index is 1.80. The Kier molecular flexibility index (Phi) is 5.52. The van der Waals surface area contributed by atoms with Crippen LogP contribution in [-0.2, 0) is 11.3 Å². The van der Waals surface area contributed by atoms with Crippen LogP contribution in [0.3, 0.4) is 0 Å². The second-order valence-corrected chi connectivity index (χ2v) is 5.55. The van der Waals surface area contributed by atoms with E-state index >= 15 is 0 Å². The Bertz CT molecular complexity index is 504. The molecule has 6 heteroatoms. The van der Waals surface area contributed by atoms with E-state index in [1.165, 1.54) is 18.9 Å². The fourth-order valence-corrected chi connectivity index (χ4v) is 2.02. The van der Waals surface area contributed by atoms with Crippen molar-refractivity contribution in [3.63, 3.8) is 0 Å². The molecule has 0 radical (unpaired) electrons. The third-order valence-corrected chi connectivity index (χ3v) is 3.56. The summed E-state index contributed by atoms with van der Waals surface area (Å²) in [4.78, 5) is 2.01. The zero-order valence-corrected chi connectivity index (χ0v) is 12.3. The highest BCUT2D eigenvalue weighted by molar-refractivity contribution is 5.97. The molecule has 1 aromatic carbocycles. The number of hydrogen-bond acceptors (Lipinski definition) is 4. The predicted octanol–water partition coefficient (Wildman–Crippen LogP) is 1.78. The molecule has 1 aliphatic carbocycles. The minimum Gasteiger partial charge on any atom is -0.409 e. The summed E-state index contributed by atoms with van der Waals surface area (Å²) in [6, 6.07) is 4.58. The minimum absolute atomic E-state index is 0.0951. The van der Waals surface area contributed by atoms with E-state index in [-0.39, 0.29) is 11.7 Å². The van der Waals surface area contributed by atoms with Crippen LogP contribution in [0, 0.1) is 11.7 Å². The lowest BCUT2D eigenvalue weighted by molar-refractivity contribution is 0.101. The molecule has 116 valence electrons. The molecular weight excluding hydrogens is 273 g/mol. The summed E-state index contributed by atoms with van der Waals surface area (Å²) in [7, 11) is 1.93. The van der Waals surface area contributed by atoms with Crippen LogP contribution >= 0.6 is 0 Å². The molecule has 1 aliphatic rings. The Hall–Kier alpha value is -1.66. The molecule has 2 rings (SSSR count). The van der Waals surface area contributed by atoms with Crippen molar-refractivity contribution >= 4 is 5.84 Å². The number of nitrogens with zero attached hydrogens (tertiary/aromatic N) is 2. The zero-order chi connectivity index (χ0) is 15.2. The maximum atomic E-state index is 14.0. The quantitative estimate of drug-likeness (QED) is 0.252. The standard InChI is InChI=1S/C15H22FN3O2/c1-19(6-7-21-10-11-2-3-11)9-13-5-4-12(8-14(13)16)15(17)18-20/h4-5,8,11,20H,2-3,6-7,9-10H2,1H3,(H2,17,18). The van der Waals surface area contributed by atoms with Gasteiger partial charge in [0.25, 0.3) is 0 Å². The first kappa shape index (κ1) is 15.7. The topological polar surface area (TPSA) is 71.1 Å². The second kappa shape index (κ2) is 7.38. The predicted molar refractivity (Wildman–Crippen MR) is 78.8 cm³/mol. The number of halogens is 1. The van der Waals surface area contributed by atoms with Gasteiger partial charge in [0, 0.05) is 30.8 Å². The Morgan fingerprint density at radius 2 is 2.29 bits per heavy atom. The highest BCUT2D eigenvalue weighted by atomic mass is 19.1. The van der Waals surface area contributed by atoms with Crippen molar-refractivity contribution < 1.29 is 14.3 Å². The van der Waals surface area contributed by atoms with E-state index in [2.05, 4.69) is 5.16 Å². The van der Waals surface area contributed by atoms with Gasteiger partial charge in [-0.15, -0.1) is 0 Å². The average Bonchev–Trinajstić information content (AvgIpc) is 3.29. The van der Waals surface area contributed by atoms with Gasteiger partial charge >= 0.3 is 0 Å². The van der Waals surface area contributed by atoms with E-state index in [4.69, 9.17) is 15.7 Å². The number of oxime groups is 1. The second-order valence-electron chi connectivity index (χ2n) is 5.55. The number of benzene rings is 1. The molecule has 5 nitrogen and oxygen atoms in total. The number of ether oxygens (including phenoxy) is 1. The minimum atomic E-state index is -0.357. The maximum Gasteiger partial charge on any atom is 0.170 e. The molecule has 1 saturated carbocycles. The molecule has 0 saturated heterocycles. The van der Waals surface area contributed by atoms with Gasteiger partial charge in [0.2, 0.25) is 0 Å². The Morgan fingerprint density at radius 3 is 2.90 bits per heavy atom. The van der Waals surface area contributed by atoms with E-state index in [9.17, 15) is 4.39 Å². The van der Waals surface area contributed by atoms with Gasteiger partial charge in [-0.1, -0.05) is 17.3 Å². The van der Waals surface area contributed by atoms with Crippen LogP contribution < -0.4 is 5.73 Å². The first-order valence-electron chi connectivity index (χ1n) is 7.12. The number of likely N-dealkylation sites (N-methyl/N-ethyl adjacent to an activating group) is 1. The van der Waals surface area contributed by atoms with Crippen molar-refractivity contribution in [2.24, 2.45) is 16.8 Å². The lowest BCUT2D eigenvalue weighted by Gasteiger charge is -2.17. The van der Waals surface area contributed by atoms with Crippen molar-refractivity contribution in [2.75, 3.05) is 26.8 Å². The van der Waals surface area contributed by atoms with Gasteiger partial charge in [0.05, 0.1) is 6.61 Å². The van der Waals surface area contributed by atoms with Crippen molar-refractivity contribution in [1.82, 2.24) is 4.90 Å². The zero-order valence-electron chi connectivity index (χ0n) is 12.3. The summed E-state index contributed by atoms with van der Waals surface area (Å²) in [5, 5.41) is 11.4. The molecule has 1 fully saturated rings. The van der Waals surface area contributed by atoms with Crippen molar-refractivity contribution in [3.05, 3.63) is 35.1 Å². The van der Waals surface area contributed by atoms with Crippen LogP contribution in [0.15, 0.2) is 23.4 Å². The molecule has 0 bridgehead atoms. The molecule has 3 N–H and O–H groups in total. The molecule has 0 aliphatic heterocycles. The lowest BCUT2D eigenvalue weighted by atomic mass is 10.1. The van der Waals surface area contributed by atoms with Gasteiger partial charge in [-0.2, -0.15) is 0 Å². The highest BCUT2D eigenvalue weighted by Gasteiger charge is 2.21. The highest BCUT2D eigenvalue weighted by Crippen LogP contribution is 2.28. The van der Waals surface area contributed by atoms with Crippen LogP contribution in [0.1, 0.15) is 24.0 Å². The van der Waals surface area contributed by atoms with Gasteiger partial charge in [0.15, 0.2) is 5.84 Å². The first-order valence-corrected chi connectivity index (χ1v) is 7.12. The number of nitrogens with two attached hydrogens (primary N) is 1. The smallest absolute Gasteiger partial charge is 0.170 e. The molecule has 0 atom stereocenters. The lowest BCUT2D eigenvalue weighted by Crippen LogP contribution is -2.24. The maximum absolute atomic E-state index is 14.0. The molecule has 0 unspecified atom stereocenters. The van der Waals surface area contributed by atoms with Crippen LogP contribution in [-0.4, -0.2) is 42.7 Å². The Labute approximate surface area is 124 Å². The summed E-state index contributed by atoms with van der Waals surface area (Å²) >= 11 is 0. The van der Waals surface area contributed by atoms with E-state index in [0.717, 1.165) is 19.1 Å². The molecule has 0 amide bonds. The van der Waals surface area contributed by atoms with Crippen LogP contribution in [0.5, 0.6) is 0 Å². The normalized spacial score (nSPS) is 15.7. The number of hydrogen-bond donors (Lipinski definition) is 2. The molecule has 1 aromatic rings. The Morgan fingerprint density at radius 1 is 1.52 bits per heavy atom. The number of rotatable bonds is 8. The molecule has 0 heterocycles. The van der Waals surface area contributed by atoms with E-state index < -0.39 is 0 Å². The van der Waals surface area contributed by atoms with E-state index in [1.807, 2.05) is 11.9 Å². The molecule has 21 heavy (non-hydrogen) atoms. The molecule has 0 aromatic heterocycles. The SMILES string of the molecule is CN(CCOCC1CC1)Cc1ccc(/C(N)=N/O)cc1F. The van der Waals surface area contributed by atoms with E-state index in [1.54, 1.807) is 12.1 Å². The van der Waals surface area contributed by atoms with Gasteiger partial charge in [-0.3, -0.25) is 4.90 Å². The molecule has 0 spiro atoms. The molecular formula is C15H22FN3O2. The van der Waals surface area contributed by atoms with Crippen molar-refractivity contribution in [1.29, 1.82) is 0 Å². The average molecular weight is 295 g/mol. The van der Waals surface area contributed by atoms with Crippen LogP contribution in [0.2, 0.25) is 0 Å². The monoisotopic (exact) mass is 295 g/mol. The van der Waals surface area contributed by atoms with Crippen LogP contribution in [0.4, 0.5) is 4.39 Å². The fraction of sp³-hybridized carbons (Fsp3) is 0.533. The summed E-state index contributed by atoms with van der Waals surface area (Å²) in [6.07, 6.45) is 2.57. The first-order chi connectivity index (χ1) is 10.1. The summed E-state index contributed by atoms with van der Waals surface area (Å²) in [5.41, 5.74) is 6.38. The third-order valence-electron chi connectivity index (χ3n) is 3.56. The fourth-order valence-electron chi connectivity index (χ4n) is 2.02. The van der Waals surface area contributed by atoms with Gasteiger partial charge in [-0.25, -0.2) is 4.39 Å². The van der Waals surface area contributed by atoms with E-state index in [0.29, 0.717) is 24.3 Å². The largest absolute Gasteiger partial charge is 0.409 e. The summed E-state index contributed by atoms with van der Waals surface area (Å²) in [6.45, 7) is 2.76. The van der Waals surface area contributed by atoms with Crippen molar-refractivity contribution in [3.8, 4) is 0 Å².